The highest BCUT2D eigenvalue weighted by Gasteiger charge is 2.48. The number of aliphatic imine (C=N–C) groups is 1. The van der Waals surface area contributed by atoms with Gasteiger partial charge in [-0.2, -0.15) is 5.26 Å². The van der Waals surface area contributed by atoms with Crippen LogP contribution in [0.4, 0.5) is 0 Å². The first-order valence-corrected chi connectivity index (χ1v) is 8.46. The summed E-state index contributed by atoms with van der Waals surface area (Å²) in [6.07, 6.45) is 5.02. The van der Waals surface area contributed by atoms with Gasteiger partial charge in [0, 0.05) is 26.2 Å². The van der Waals surface area contributed by atoms with Crippen LogP contribution in [0.5, 0.6) is 0 Å². The van der Waals surface area contributed by atoms with Crippen LogP contribution in [0.15, 0.2) is 4.99 Å². The number of piperazine rings is 1. The van der Waals surface area contributed by atoms with Gasteiger partial charge in [0.05, 0.1) is 11.6 Å². The minimum Gasteiger partial charge on any atom is -0.340 e. The molecule has 22 heavy (non-hydrogen) atoms. The van der Waals surface area contributed by atoms with E-state index in [9.17, 15) is 10.1 Å². The van der Waals surface area contributed by atoms with Crippen LogP contribution in [0.1, 0.15) is 39.0 Å². The lowest BCUT2D eigenvalue weighted by Crippen LogP contribution is -2.60. The molecule has 1 aliphatic carbocycles. The molecule has 1 spiro atoms. The number of hydrogen-bond acceptors (Lipinski definition) is 5. The highest BCUT2D eigenvalue weighted by Crippen LogP contribution is 2.39. The molecule has 2 fully saturated rings. The molecule has 3 rings (SSSR count). The van der Waals surface area contributed by atoms with Gasteiger partial charge in [0.1, 0.15) is 0 Å². The quantitative estimate of drug-likeness (QED) is 0.783. The zero-order valence-electron chi connectivity index (χ0n) is 13.3. The molecule has 1 N–H and O–H groups in total. The van der Waals surface area contributed by atoms with Gasteiger partial charge in [-0.1, -0.05) is 26.2 Å². The number of carbonyl (C=O) groups is 1. The molecule has 1 saturated carbocycles. The normalized spacial score (nSPS) is 28.9. The Morgan fingerprint density at radius 3 is 2.55 bits per heavy atom. The number of nitrogens with one attached hydrogen (secondary N) is 1. The molecule has 0 radical (unpaired) electrons. The predicted molar refractivity (Wildman–Crippen MR) is 84.2 cm³/mol. The minimum absolute atomic E-state index is 0.160. The predicted octanol–water partition coefficient (Wildman–Crippen LogP) is 0.952. The lowest BCUT2D eigenvalue weighted by molar-refractivity contribution is -0.125. The Bertz CT molecular complexity index is 495. The number of amides is 1. The summed E-state index contributed by atoms with van der Waals surface area (Å²) >= 11 is 0. The largest absolute Gasteiger partial charge is 0.340 e. The third-order valence-corrected chi connectivity index (χ3v) is 5.33. The fourth-order valence-electron chi connectivity index (χ4n) is 3.90. The maximum atomic E-state index is 12.4. The number of rotatable bonds is 1. The Kier molecular flexibility index (Phi) is 4.34. The molecule has 120 valence electrons. The van der Waals surface area contributed by atoms with Gasteiger partial charge in [0.15, 0.2) is 5.92 Å². The molecule has 0 aromatic heterocycles. The van der Waals surface area contributed by atoms with Crippen LogP contribution in [0.2, 0.25) is 0 Å². The highest BCUT2D eigenvalue weighted by molar-refractivity contribution is 6.02. The maximum absolute atomic E-state index is 12.4. The smallest absolute Gasteiger partial charge is 0.246 e. The second-order valence-corrected chi connectivity index (χ2v) is 6.57. The van der Waals surface area contributed by atoms with Crippen LogP contribution < -0.4 is 5.32 Å². The van der Waals surface area contributed by atoms with Crippen molar-refractivity contribution in [2.75, 3.05) is 32.7 Å². The Labute approximate surface area is 132 Å². The van der Waals surface area contributed by atoms with Crippen LogP contribution in [0.3, 0.4) is 0 Å². The molecule has 6 heteroatoms. The molecular formula is C16H25N5O. The van der Waals surface area contributed by atoms with E-state index in [4.69, 9.17) is 4.99 Å². The molecule has 6 nitrogen and oxygen atoms in total. The van der Waals surface area contributed by atoms with Crippen molar-refractivity contribution in [1.29, 1.82) is 5.26 Å². The zero-order chi connectivity index (χ0) is 15.6. The summed E-state index contributed by atoms with van der Waals surface area (Å²) in [5.41, 5.74) is -0.480. The third kappa shape index (κ3) is 2.70. The maximum Gasteiger partial charge on any atom is 0.246 e. The van der Waals surface area contributed by atoms with Crippen LogP contribution in [-0.4, -0.2) is 59.9 Å². The van der Waals surface area contributed by atoms with Crippen molar-refractivity contribution in [3.63, 3.8) is 0 Å². The fraction of sp³-hybridized carbons (Fsp3) is 0.812. The number of guanidine groups is 1. The Morgan fingerprint density at radius 1 is 1.27 bits per heavy atom. The number of nitriles is 1. The molecule has 1 amide bonds. The van der Waals surface area contributed by atoms with Gasteiger partial charge < -0.3 is 9.80 Å². The van der Waals surface area contributed by atoms with Crippen molar-refractivity contribution in [3.05, 3.63) is 0 Å². The number of hydrogen-bond donors (Lipinski definition) is 1. The number of nitrogens with zero attached hydrogens (tertiary/aromatic N) is 4. The first-order chi connectivity index (χ1) is 10.7. The molecule has 0 bridgehead atoms. The summed E-state index contributed by atoms with van der Waals surface area (Å²) in [5, 5.41) is 12.3. The van der Waals surface area contributed by atoms with E-state index in [-0.39, 0.29) is 5.91 Å². The summed E-state index contributed by atoms with van der Waals surface area (Å²) in [4.78, 5) is 21.9. The van der Waals surface area contributed by atoms with Crippen LogP contribution >= 0.6 is 0 Å². The van der Waals surface area contributed by atoms with Gasteiger partial charge in [0.2, 0.25) is 11.9 Å². The number of carbonyl (C=O) groups excluding carboxylic acids is 1. The van der Waals surface area contributed by atoms with Gasteiger partial charge in [-0.3, -0.25) is 10.1 Å². The van der Waals surface area contributed by atoms with Gasteiger partial charge in [-0.25, -0.2) is 4.99 Å². The van der Waals surface area contributed by atoms with E-state index in [0.717, 1.165) is 58.4 Å². The second-order valence-electron chi connectivity index (χ2n) is 6.57. The van der Waals surface area contributed by atoms with E-state index in [1.807, 2.05) is 0 Å². The van der Waals surface area contributed by atoms with E-state index in [1.54, 1.807) is 0 Å². The number of likely N-dealkylation sites (N-methyl/N-ethyl adjacent to an activating group) is 1. The molecule has 0 aromatic rings. The monoisotopic (exact) mass is 303 g/mol. The van der Waals surface area contributed by atoms with Crippen molar-refractivity contribution >= 4 is 11.9 Å². The molecule has 2 heterocycles. The van der Waals surface area contributed by atoms with Crippen molar-refractivity contribution in [3.8, 4) is 6.07 Å². The summed E-state index contributed by atoms with van der Waals surface area (Å²) in [6, 6.07) is 2.21. The van der Waals surface area contributed by atoms with Crippen molar-refractivity contribution in [2.24, 2.45) is 10.9 Å². The lowest BCUT2D eigenvalue weighted by Gasteiger charge is -2.43. The lowest BCUT2D eigenvalue weighted by atomic mass is 9.72. The zero-order valence-corrected chi connectivity index (χ0v) is 13.3. The summed E-state index contributed by atoms with van der Waals surface area (Å²) < 4.78 is 0. The average molecular weight is 303 g/mol. The van der Waals surface area contributed by atoms with E-state index in [0.29, 0.717) is 5.96 Å². The Morgan fingerprint density at radius 2 is 1.95 bits per heavy atom. The molecular weight excluding hydrogens is 278 g/mol. The van der Waals surface area contributed by atoms with Crippen LogP contribution in [0.25, 0.3) is 0 Å². The summed E-state index contributed by atoms with van der Waals surface area (Å²) in [5.74, 6) is -0.0880. The van der Waals surface area contributed by atoms with Crippen molar-refractivity contribution in [1.82, 2.24) is 15.1 Å². The average Bonchev–Trinajstić information content (AvgIpc) is 2.55. The highest BCUT2D eigenvalue weighted by atomic mass is 16.2. The Hall–Kier alpha value is -1.61. The van der Waals surface area contributed by atoms with Gasteiger partial charge in [0.25, 0.3) is 0 Å². The molecule has 1 atom stereocenters. The summed E-state index contributed by atoms with van der Waals surface area (Å²) in [6.45, 7) is 7.01. The molecule has 2 aliphatic heterocycles. The van der Waals surface area contributed by atoms with Crippen molar-refractivity contribution in [2.45, 2.75) is 44.6 Å². The van der Waals surface area contributed by atoms with Gasteiger partial charge in [-0.15, -0.1) is 0 Å². The standard InChI is InChI=1S/C16H25N5O/c1-2-20-8-10-21(11-9-20)15-18-14(22)13(12-17)16(19-15)6-4-3-5-7-16/h13H,2-11H2,1H3,(H,18,19,22)/t13-/m1/s1. The first kappa shape index (κ1) is 15.3. The first-order valence-electron chi connectivity index (χ1n) is 8.46. The fourth-order valence-corrected chi connectivity index (χ4v) is 3.90. The minimum atomic E-state index is -0.631. The van der Waals surface area contributed by atoms with Gasteiger partial charge >= 0.3 is 0 Å². The van der Waals surface area contributed by atoms with E-state index in [2.05, 4.69) is 28.1 Å². The molecule has 3 aliphatic rings. The van der Waals surface area contributed by atoms with Gasteiger partial charge in [-0.05, 0) is 19.4 Å². The molecule has 0 unspecified atom stereocenters. The van der Waals surface area contributed by atoms with E-state index >= 15 is 0 Å². The van der Waals surface area contributed by atoms with E-state index < -0.39 is 11.5 Å². The molecule has 0 aromatic carbocycles. The Balaban J connectivity index is 1.82. The topological polar surface area (TPSA) is 71.7 Å². The van der Waals surface area contributed by atoms with Crippen molar-refractivity contribution < 1.29 is 4.79 Å². The third-order valence-electron chi connectivity index (χ3n) is 5.33. The second kappa shape index (κ2) is 6.25. The van der Waals surface area contributed by atoms with Crippen LogP contribution in [-0.2, 0) is 4.79 Å². The van der Waals surface area contributed by atoms with E-state index in [1.165, 1.54) is 6.42 Å². The van der Waals surface area contributed by atoms with Crippen LogP contribution in [0, 0.1) is 17.2 Å². The summed E-state index contributed by atoms with van der Waals surface area (Å²) in [7, 11) is 0. The SMILES string of the molecule is CCN1CCN(C2=NC3(CCCCC3)[C@H](C#N)C(=O)N2)CC1. The molecule has 1 saturated heterocycles.